The van der Waals surface area contributed by atoms with Crippen LogP contribution in [0.1, 0.15) is 0 Å². The third-order valence-electron chi connectivity index (χ3n) is 1.24. The Morgan fingerprint density at radius 1 is 1.27 bits per heavy atom. The van der Waals surface area contributed by atoms with E-state index in [1.165, 1.54) is 0 Å². The van der Waals surface area contributed by atoms with Crippen LogP contribution in [0.25, 0.3) is 11.5 Å². The maximum atomic E-state index is 4.00. The molecule has 0 aliphatic heterocycles. The molecule has 5 heteroatoms. The van der Waals surface area contributed by atoms with Crippen molar-refractivity contribution in [3.05, 3.63) is 24.7 Å². The number of aromatic amines is 1. The highest BCUT2D eigenvalue weighted by molar-refractivity contribution is 5.46. The number of imidazole rings is 1. The number of hydrogen-bond donors (Lipinski definition) is 1. The van der Waals surface area contributed by atoms with E-state index in [2.05, 4.69) is 25.4 Å². The Morgan fingerprint density at radius 2 is 2.27 bits per heavy atom. The minimum Gasteiger partial charge on any atom is -0.343 e. The monoisotopic (exact) mass is 147 g/mol. The molecule has 0 amide bonds. The molecular weight excluding hydrogens is 142 g/mol. The fourth-order valence-corrected chi connectivity index (χ4v) is 0.773. The molecule has 11 heavy (non-hydrogen) atoms. The molecule has 0 spiro atoms. The summed E-state index contributed by atoms with van der Waals surface area (Å²) in [6, 6.07) is 1.74. The summed E-state index contributed by atoms with van der Waals surface area (Å²) in [7, 11) is 0. The van der Waals surface area contributed by atoms with Crippen molar-refractivity contribution in [2.75, 3.05) is 0 Å². The third-order valence-corrected chi connectivity index (χ3v) is 1.24. The van der Waals surface area contributed by atoms with Gasteiger partial charge in [-0.1, -0.05) is 0 Å². The van der Waals surface area contributed by atoms with Crippen LogP contribution in [-0.2, 0) is 0 Å². The van der Waals surface area contributed by atoms with Gasteiger partial charge in [0.1, 0.15) is 5.69 Å². The smallest absolute Gasteiger partial charge is 0.158 e. The van der Waals surface area contributed by atoms with Crippen molar-refractivity contribution in [3.8, 4) is 11.5 Å². The van der Waals surface area contributed by atoms with E-state index in [0.29, 0.717) is 11.5 Å². The number of aromatic nitrogens is 5. The predicted octanol–water partition coefficient (Wildman–Crippen LogP) is 0.262. The minimum absolute atomic E-state index is 0.699. The summed E-state index contributed by atoms with van der Waals surface area (Å²) >= 11 is 0. The van der Waals surface area contributed by atoms with Gasteiger partial charge in [0.05, 0.1) is 6.20 Å². The van der Waals surface area contributed by atoms with E-state index in [0.717, 1.165) is 0 Å². The van der Waals surface area contributed by atoms with Gasteiger partial charge in [-0.15, -0.1) is 10.2 Å². The Labute approximate surface area is 62.5 Å². The van der Waals surface area contributed by atoms with Gasteiger partial charge >= 0.3 is 0 Å². The SMILES string of the molecule is c1cc(-c2ncc[nH]2)nnn1. The molecule has 0 unspecified atom stereocenters. The third kappa shape index (κ3) is 1.07. The largest absolute Gasteiger partial charge is 0.343 e. The van der Waals surface area contributed by atoms with Crippen molar-refractivity contribution in [1.82, 2.24) is 25.4 Å². The Bertz CT molecular complexity index is 314. The average Bonchev–Trinajstić information content (AvgIpc) is 2.58. The van der Waals surface area contributed by atoms with E-state index in [4.69, 9.17) is 0 Å². The second-order valence-electron chi connectivity index (χ2n) is 1.94. The predicted molar refractivity (Wildman–Crippen MR) is 37.4 cm³/mol. The zero-order valence-corrected chi connectivity index (χ0v) is 5.60. The first-order valence-corrected chi connectivity index (χ1v) is 3.11. The Balaban J connectivity index is 2.46. The quantitative estimate of drug-likeness (QED) is 0.628. The second-order valence-corrected chi connectivity index (χ2v) is 1.94. The van der Waals surface area contributed by atoms with Gasteiger partial charge in [-0.25, -0.2) is 4.98 Å². The molecule has 0 saturated heterocycles. The Hall–Kier alpha value is -1.78. The Morgan fingerprint density at radius 3 is 2.91 bits per heavy atom. The molecule has 2 aromatic rings. The van der Waals surface area contributed by atoms with Gasteiger partial charge in [0.15, 0.2) is 5.82 Å². The van der Waals surface area contributed by atoms with Crippen LogP contribution in [0.15, 0.2) is 24.7 Å². The van der Waals surface area contributed by atoms with Gasteiger partial charge in [-0.05, 0) is 11.3 Å². The molecular formula is C6H5N5. The molecule has 1 N–H and O–H groups in total. The van der Waals surface area contributed by atoms with Crippen LogP contribution in [-0.4, -0.2) is 25.4 Å². The fourth-order valence-electron chi connectivity index (χ4n) is 0.773. The van der Waals surface area contributed by atoms with Crippen molar-refractivity contribution in [3.63, 3.8) is 0 Å². The molecule has 0 saturated carbocycles. The van der Waals surface area contributed by atoms with Gasteiger partial charge < -0.3 is 4.98 Å². The summed E-state index contributed by atoms with van der Waals surface area (Å²) in [5.41, 5.74) is 0.699. The first kappa shape index (κ1) is 5.96. The van der Waals surface area contributed by atoms with Crippen molar-refractivity contribution in [2.45, 2.75) is 0 Å². The molecule has 0 aliphatic carbocycles. The maximum absolute atomic E-state index is 4.00. The van der Waals surface area contributed by atoms with Crippen LogP contribution in [0, 0.1) is 0 Å². The van der Waals surface area contributed by atoms with E-state index in [9.17, 15) is 0 Å². The van der Waals surface area contributed by atoms with E-state index in [1.807, 2.05) is 0 Å². The van der Waals surface area contributed by atoms with Gasteiger partial charge in [0.2, 0.25) is 0 Å². The summed E-state index contributed by atoms with van der Waals surface area (Å²) in [4.78, 5) is 6.91. The standard InChI is InChI=1S/C6H5N5/c1-2-9-11-10-5(1)6-7-3-4-8-6/h1-4H,(H,7,8). The van der Waals surface area contributed by atoms with Gasteiger partial charge in [0, 0.05) is 12.4 Å². The highest BCUT2D eigenvalue weighted by Gasteiger charge is 1.98. The normalized spacial score (nSPS) is 9.82. The minimum atomic E-state index is 0.699. The number of nitrogens with zero attached hydrogens (tertiary/aromatic N) is 4. The molecule has 0 radical (unpaired) electrons. The fraction of sp³-hybridized carbons (Fsp3) is 0. The zero-order chi connectivity index (χ0) is 7.52. The lowest BCUT2D eigenvalue weighted by molar-refractivity contribution is 0.865. The molecule has 2 aromatic heterocycles. The van der Waals surface area contributed by atoms with E-state index in [-0.39, 0.29) is 0 Å². The zero-order valence-electron chi connectivity index (χ0n) is 5.60. The summed E-state index contributed by atoms with van der Waals surface area (Å²) in [6.45, 7) is 0. The summed E-state index contributed by atoms with van der Waals surface area (Å²) < 4.78 is 0. The molecule has 0 fully saturated rings. The van der Waals surface area contributed by atoms with Crippen molar-refractivity contribution >= 4 is 0 Å². The van der Waals surface area contributed by atoms with Gasteiger partial charge in [-0.2, -0.15) is 0 Å². The molecule has 0 bridgehead atoms. The molecule has 2 heterocycles. The summed E-state index contributed by atoms with van der Waals surface area (Å²) in [5.74, 6) is 0.708. The summed E-state index contributed by atoms with van der Waals surface area (Å²) in [6.07, 6.45) is 4.97. The molecule has 0 atom stereocenters. The molecule has 54 valence electrons. The molecule has 2 rings (SSSR count). The number of nitrogens with one attached hydrogen (secondary N) is 1. The Kier molecular flexibility index (Phi) is 1.33. The van der Waals surface area contributed by atoms with Crippen molar-refractivity contribution < 1.29 is 0 Å². The van der Waals surface area contributed by atoms with Crippen LogP contribution in [0.4, 0.5) is 0 Å². The summed E-state index contributed by atoms with van der Waals surface area (Å²) in [5, 5.41) is 10.8. The molecule has 0 aliphatic rings. The first-order valence-electron chi connectivity index (χ1n) is 3.11. The number of rotatable bonds is 1. The van der Waals surface area contributed by atoms with Crippen LogP contribution >= 0.6 is 0 Å². The van der Waals surface area contributed by atoms with Crippen molar-refractivity contribution in [1.29, 1.82) is 0 Å². The molecule has 0 aromatic carbocycles. The van der Waals surface area contributed by atoms with Crippen LogP contribution < -0.4 is 0 Å². The van der Waals surface area contributed by atoms with E-state index < -0.39 is 0 Å². The average molecular weight is 147 g/mol. The number of hydrogen-bond acceptors (Lipinski definition) is 4. The lowest BCUT2D eigenvalue weighted by Crippen LogP contribution is -1.89. The van der Waals surface area contributed by atoms with Crippen LogP contribution in [0.2, 0.25) is 0 Å². The topological polar surface area (TPSA) is 67.3 Å². The second kappa shape index (κ2) is 2.45. The molecule has 5 nitrogen and oxygen atoms in total. The lowest BCUT2D eigenvalue weighted by atomic mass is 10.4. The van der Waals surface area contributed by atoms with Crippen LogP contribution in [0.3, 0.4) is 0 Å². The van der Waals surface area contributed by atoms with E-state index >= 15 is 0 Å². The maximum Gasteiger partial charge on any atom is 0.158 e. The van der Waals surface area contributed by atoms with Crippen molar-refractivity contribution in [2.24, 2.45) is 0 Å². The van der Waals surface area contributed by atoms with Gasteiger partial charge in [-0.3, -0.25) is 0 Å². The first-order chi connectivity index (χ1) is 5.47. The highest BCUT2D eigenvalue weighted by atomic mass is 15.3. The van der Waals surface area contributed by atoms with Gasteiger partial charge in [0.25, 0.3) is 0 Å². The highest BCUT2D eigenvalue weighted by Crippen LogP contribution is 2.06. The van der Waals surface area contributed by atoms with E-state index in [1.54, 1.807) is 24.7 Å². The number of H-pyrrole nitrogens is 1. The lowest BCUT2D eigenvalue weighted by Gasteiger charge is -1.89. The van der Waals surface area contributed by atoms with Crippen LogP contribution in [0.5, 0.6) is 0 Å².